The zero-order valence-electron chi connectivity index (χ0n) is 9.12. The number of hydrogen-bond donors (Lipinski definition) is 1. The van der Waals surface area contributed by atoms with Crippen molar-refractivity contribution in [1.82, 2.24) is 9.78 Å². The SMILES string of the molecule is CC(CC(=O)O)S(=O)(=O)Cc1cnn(C)c1. The first-order valence-corrected chi connectivity index (χ1v) is 6.43. The van der Waals surface area contributed by atoms with Crippen LogP contribution in [0.1, 0.15) is 18.9 Å². The van der Waals surface area contributed by atoms with Gasteiger partial charge in [0.2, 0.25) is 0 Å². The molecular weight excluding hydrogens is 232 g/mol. The highest BCUT2D eigenvalue weighted by atomic mass is 32.2. The summed E-state index contributed by atoms with van der Waals surface area (Å²) >= 11 is 0. The minimum Gasteiger partial charge on any atom is -0.481 e. The number of hydrogen-bond acceptors (Lipinski definition) is 4. The van der Waals surface area contributed by atoms with Crippen LogP contribution < -0.4 is 0 Å². The lowest BCUT2D eigenvalue weighted by Gasteiger charge is -2.09. The Labute approximate surface area is 93.8 Å². The Kier molecular flexibility index (Phi) is 3.69. The fraction of sp³-hybridized carbons (Fsp3) is 0.556. The summed E-state index contributed by atoms with van der Waals surface area (Å²) in [5.41, 5.74) is 0.569. The highest BCUT2D eigenvalue weighted by Crippen LogP contribution is 2.13. The number of carbonyl (C=O) groups is 1. The van der Waals surface area contributed by atoms with Gasteiger partial charge in [0.1, 0.15) is 0 Å². The third kappa shape index (κ3) is 3.34. The summed E-state index contributed by atoms with van der Waals surface area (Å²) in [7, 11) is -1.74. The monoisotopic (exact) mass is 246 g/mol. The van der Waals surface area contributed by atoms with Crippen LogP contribution in [0.4, 0.5) is 0 Å². The van der Waals surface area contributed by atoms with Gasteiger partial charge in [-0.2, -0.15) is 5.10 Å². The standard InChI is InChI=1S/C9H14N2O4S/c1-7(3-9(12)13)16(14,15)6-8-4-10-11(2)5-8/h4-5,7H,3,6H2,1-2H3,(H,12,13). The van der Waals surface area contributed by atoms with Gasteiger partial charge in [-0.05, 0) is 6.92 Å². The first kappa shape index (κ1) is 12.7. The van der Waals surface area contributed by atoms with E-state index in [4.69, 9.17) is 5.11 Å². The topological polar surface area (TPSA) is 89.3 Å². The highest BCUT2D eigenvalue weighted by Gasteiger charge is 2.24. The van der Waals surface area contributed by atoms with E-state index < -0.39 is 21.1 Å². The van der Waals surface area contributed by atoms with Gasteiger partial charge in [-0.1, -0.05) is 0 Å². The molecule has 0 aromatic carbocycles. The molecule has 1 aromatic heterocycles. The maximum atomic E-state index is 11.7. The molecular formula is C9H14N2O4S. The maximum Gasteiger partial charge on any atom is 0.304 e. The molecule has 1 N–H and O–H groups in total. The number of rotatable bonds is 5. The molecule has 1 atom stereocenters. The molecule has 16 heavy (non-hydrogen) atoms. The zero-order chi connectivity index (χ0) is 12.3. The van der Waals surface area contributed by atoms with E-state index in [2.05, 4.69) is 5.10 Å². The van der Waals surface area contributed by atoms with Crippen LogP contribution in [0.15, 0.2) is 12.4 Å². The van der Waals surface area contributed by atoms with Crippen LogP contribution in [-0.4, -0.2) is 34.5 Å². The number of carboxylic acid groups (broad SMARTS) is 1. The molecule has 7 heteroatoms. The molecule has 1 rings (SSSR count). The molecule has 90 valence electrons. The predicted molar refractivity (Wildman–Crippen MR) is 57.5 cm³/mol. The van der Waals surface area contributed by atoms with Crippen molar-refractivity contribution in [2.24, 2.45) is 7.05 Å². The summed E-state index contributed by atoms with van der Waals surface area (Å²) in [5.74, 6) is -1.28. The van der Waals surface area contributed by atoms with Crippen molar-refractivity contribution in [3.8, 4) is 0 Å². The number of carboxylic acids is 1. The molecule has 0 spiro atoms. The van der Waals surface area contributed by atoms with Gasteiger partial charge in [0, 0.05) is 18.8 Å². The van der Waals surface area contributed by atoms with Crippen molar-refractivity contribution in [1.29, 1.82) is 0 Å². The maximum absolute atomic E-state index is 11.7. The van der Waals surface area contributed by atoms with E-state index in [0.717, 1.165) is 0 Å². The zero-order valence-corrected chi connectivity index (χ0v) is 9.94. The first-order valence-electron chi connectivity index (χ1n) is 4.72. The van der Waals surface area contributed by atoms with Crippen LogP contribution in [0.3, 0.4) is 0 Å². The highest BCUT2D eigenvalue weighted by molar-refractivity contribution is 7.91. The lowest BCUT2D eigenvalue weighted by atomic mass is 10.3. The molecule has 0 aliphatic carbocycles. The average Bonchev–Trinajstić information content (AvgIpc) is 2.49. The van der Waals surface area contributed by atoms with Gasteiger partial charge in [0.25, 0.3) is 0 Å². The van der Waals surface area contributed by atoms with Gasteiger partial charge < -0.3 is 5.11 Å². The molecule has 0 fully saturated rings. The van der Waals surface area contributed by atoms with Crippen LogP contribution in [0.2, 0.25) is 0 Å². The van der Waals surface area contributed by atoms with Gasteiger partial charge in [0.15, 0.2) is 9.84 Å². The van der Waals surface area contributed by atoms with Crippen LogP contribution in [0.25, 0.3) is 0 Å². The second-order valence-corrected chi connectivity index (χ2v) is 6.16. The van der Waals surface area contributed by atoms with E-state index in [1.54, 1.807) is 13.2 Å². The minimum atomic E-state index is -3.43. The van der Waals surface area contributed by atoms with E-state index >= 15 is 0 Å². The minimum absolute atomic E-state index is 0.171. The lowest BCUT2D eigenvalue weighted by Crippen LogP contribution is -2.22. The fourth-order valence-corrected chi connectivity index (χ4v) is 2.59. The van der Waals surface area contributed by atoms with Gasteiger partial charge in [0.05, 0.1) is 23.6 Å². The van der Waals surface area contributed by atoms with Crippen LogP contribution in [-0.2, 0) is 27.4 Å². The molecule has 0 aliphatic heterocycles. The van der Waals surface area contributed by atoms with E-state index in [9.17, 15) is 13.2 Å². The normalized spacial score (nSPS) is 13.6. The van der Waals surface area contributed by atoms with Gasteiger partial charge >= 0.3 is 5.97 Å². The molecule has 0 bridgehead atoms. The van der Waals surface area contributed by atoms with Crippen molar-refractivity contribution in [3.05, 3.63) is 18.0 Å². The number of aryl methyl sites for hydroxylation is 1. The largest absolute Gasteiger partial charge is 0.481 e. The molecule has 1 heterocycles. The Morgan fingerprint density at radius 2 is 2.25 bits per heavy atom. The number of nitrogens with zero attached hydrogens (tertiary/aromatic N) is 2. The van der Waals surface area contributed by atoms with Crippen molar-refractivity contribution in [2.75, 3.05) is 0 Å². The third-order valence-electron chi connectivity index (χ3n) is 2.20. The average molecular weight is 246 g/mol. The Bertz CT molecular complexity index is 477. The van der Waals surface area contributed by atoms with Gasteiger partial charge in [-0.25, -0.2) is 8.42 Å². The van der Waals surface area contributed by atoms with Crippen molar-refractivity contribution >= 4 is 15.8 Å². The molecule has 0 saturated heterocycles. The van der Waals surface area contributed by atoms with Crippen LogP contribution in [0, 0.1) is 0 Å². The summed E-state index contributed by atoms with van der Waals surface area (Å²) in [4.78, 5) is 10.4. The summed E-state index contributed by atoms with van der Waals surface area (Å²) in [6.07, 6.45) is 2.69. The second-order valence-electron chi connectivity index (χ2n) is 3.74. The third-order valence-corrected chi connectivity index (χ3v) is 4.33. The van der Waals surface area contributed by atoms with Crippen LogP contribution in [0.5, 0.6) is 0 Å². The number of aliphatic carboxylic acids is 1. The molecule has 0 amide bonds. The molecule has 0 saturated carbocycles. The second kappa shape index (κ2) is 4.65. The number of aromatic nitrogens is 2. The Morgan fingerprint density at radius 1 is 1.62 bits per heavy atom. The molecule has 1 unspecified atom stereocenters. The smallest absolute Gasteiger partial charge is 0.304 e. The fourth-order valence-electron chi connectivity index (χ4n) is 1.29. The Balaban J connectivity index is 2.75. The van der Waals surface area contributed by atoms with Crippen LogP contribution >= 0.6 is 0 Å². The van der Waals surface area contributed by atoms with E-state index in [-0.39, 0.29) is 12.2 Å². The lowest BCUT2D eigenvalue weighted by molar-refractivity contribution is -0.136. The molecule has 0 radical (unpaired) electrons. The quantitative estimate of drug-likeness (QED) is 0.801. The molecule has 6 nitrogen and oxygen atoms in total. The summed E-state index contributed by atoms with van der Waals surface area (Å²) < 4.78 is 25.0. The Morgan fingerprint density at radius 3 is 2.69 bits per heavy atom. The number of sulfone groups is 1. The van der Waals surface area contributed by atoms with Crippen molar-refractivity contribution in [2.45, 2.75) is 24.3 Å². The predicted octanol–water partition coefficient (Wildman–Crippen LogP) is 0.198. The van der Waals surface area contributed by atoms with Gasteiger partial charge in [-0.3, -0.25) is 9.48 Å². The summed E-state index contributed by atoms with van der Waals surface area (Å²) in [5, 5.41) is 11.5. The van der Waals surface area contributed by atoms with Gasteiger partial charge in [-0.15, -0.1) is 0 Å². The van der Waals surface area contributed by atoms with Crippen molar-refractivity contribution in [3.63, 3.8) is 0 Å². The van der Waals surface area contributed by atoms with E-state index in [0.29, 0.717) is 5.56 Å². The Hall–Kier alpha value is -1.37. The molecule has 0 aliphatic rings. The molecule has 1 aromatic rings. The summed E-state index contributed by atoms with van der Waals surface area (Å²) in [6.45, 7) is 1.40. The van der Waals surface area contributed by atoms with E-state index in [1.165, 1.54) is 17.8 Å². The first-order chi connectivity index (χ1) is 7.31. The van der Waals surface area contributed by atoms with E-state index in [1.807, 2.05) is 0 Å². The summed E-state index contributed by atoms with van der Waals surface area (Å²) in [6, 6.07) is 0. The van der Waals surface area contributed by atoms with Crippen molar-refractivity contribution < 1.29 is 18.3 Å².